The van der Waals surface area contributed by atoms with Crippen molar-refractivity contribution in [1.82, 2.24) is 5.32 Å². The second-order valence-corrected chi connectivity index (χ2v) is 6.38. The normalized spacial score (nSPS) is 28.7. The van der Waals surface area contributed by atoms with E-state index in [9.17, 15) is 4.79 Å². The van der Waals surface area contributed by atoms with Crippen molar-refractivity contribution in [1.29, 1.82) is 0 Å². The van der Waals surface area contributed by atoms with E-state index in [-0.39, 0.29) is 11.3 Å². The first-order chi connectivity index (χ1) is 9.21. The second kappa shape index (κ2) is 4.99. The number of hydrogen-bond donors (Lipinski definition) is 1. The summed E-state index contributed by atoms with van der Waals surface area (Å²) in [6.45, 7) is 2.31. The predicted molar refractivity (Wildman–Crippen MR) is 76.9 cm³/mol. The van der Waals surface area contributed by atoms with Gasteiger partial charge in [0.1, 0.15) is 0 Å². The van der Waals surface area contributed by atoms with Crippen molar-refractivity contribution < 1.29 is 4.79 Å². The maximum absolute atomic E-state index is 12.6. The summed E-state index contributed by atoms with van der Waals surface area (Å²) >= 11 is 0. The topological polar surface area (TPSA) is 29.1 Å². The van der Waals surface area contributed by atoms with Gasteiger partial charge in [-0.05, 0) is 50.0 Å². The Bertz CT molecular complexity index is 442. The lowest BCUT2D eigenvalue weighted by atomic mass is 9.86. The molecule has 1 amide bonds. The van der Waals surface area contributed by atoms with E-state index in [1.807, 2.05) is 18.2 Å². The fraction of sp³-hybridized carbons (Fsp3) is 0.588. The van der Waals surface area contributed by atoms with Crippen LogP contribution in [0.5, 0.6) is 0 Å². The lowest BCUT2D eigenvalue weighted by Gasteiger charge is -2.28. The summed E-state index contributed by atoms with van der Waals surface area (Å²) in [7, 11) is 0. The average Bonchev–Trinajstić information content (AvgIpc) is 3.24. The fourth-order valence-corrected chi connectivity index (χ4v) is 3.26. The molecule has 0 heterocycles. The van der Waals surface area contributed by atoms with Crippen LogP contribution in [0.2, 0.25) is 0 Å². The zero-order chi connectivity index (χ0) is 13.3. The number of carbonyl (C=O) groups excluding carboxylic acids is 1. The largest absolute Gasteiger partial charge is 0.353 e. The van der Waals surface area contributed by atoms with Crippen LogP contribution < -0.4 is 5.32 Å². The van der Waals surface area contributed by atoms with Gasteiger partial charge >= 0.3 is 0 Å². The quantitative estimate of drug-likeness (QED) is 0.883. The minimum absolute atomic E-state index is 0.204. The molecule has 2 aliphatic carbocycles. The van der Waals surface area contributed by atoms with Crippen LogP contribution in [0.1, 0.15) is 51.0 Å². The number of benzene rings is 1. The summed E-state index contributed by atoms with van der Waals surface area (Å²) in [5.74, 6) is 1.09. The molecular weight excluding hydrogens is 234 g/mol. The molecule has 1 N–H and O–H groups in total. The van der Waals surface area contributed by atoms with Crippen LogP contribution in [0, 0.1) is 5.92 Å². The predicted octanol–water partition coefficient (Wildman–Crippen LogP) is 3.41. The summed E-state index contributed by atoms with van der Waals surface area (Å²) in [6, 6.07) is 10.7. The molecule has 1 aromatic carbocycles. The second-order valence-electron chi connectivity index (χ2n) is 6.38. The molecule has 0 unspecified atom stereocenters. The third kappa shape index (κ3) is 2.54. The number of hydrogen-bond acceptors (Lipinski definition) is 1. The molecule has 0 spiro atoms. The Labute approximate surface area is 115 Å². The van der Waals surface area contributed by atoms with Gasteiger partial charge in [-0.25, -0.2) is 0 Å². The number of nitrogens with one attached hydrogen (secondary N) is 1. The number of amides is 1. The minimum Gasteiger partial charge on any atom is -0.353 e. The number of carbonyl (C=O) groups is 1. The highest BCUT2D eigenvalue weighted by Gasteiger charge is 2.51. The first-order valence-electron chi connectivity index (χ1n) is 7.57. The smallest absolute Gasteiger partial charge is 0.230 e. The summed E-state index contributed by atoms with van der Waals surface area (Å²) in [6.07, 6.45) is 6.82. The summed E-state index contributed by atoms with van der Waals surface area (Å²) in [5, 5.41) is 3.30. The van der Waals surface area contributed by atoms with Gasteiger partial charge in [0.2, 0.25) is 5.91 Å². The molecular formula is C17H23NO. The van der Waals surface area contributed by atoms with Gasteiger partial charge in [0.15, 0.2) is 0 Å². The molecule has 0 radical (unpaired) electrons. The SMILES string of the molecule is CC1CCC(NC(=O)C2(c3ccccc3)CC2)CC1. The van der Waals surface area contributed by atoms with Crippen molar-refractivity contribution in [2.75, 3.05) is 0 Å². The van der Waals surface area contributed by atoms with Crippen LogP contribution in [-0.2, 0) is 10.2 Å². The zero-order valence-corrected chi connectivity index (χ0v) is 11.7. The van der Waals surface area contributed by atoms with Crippen LogP contribution in [0.15, 0.2) is 30.3 Å². The minimum atomic E-state index is -0.204. The van der Waals surface area contributed by atoms with E-state index in [0.29, 0.717) is 6.04 Å². The Hall–Kier alpha value is -1.31. The van der Waals surface area contributed by atoms with E-state index >= 15 is 0 Å². The Kier molecular flexibility index (Phi) is 3.34. The summed E-state index contributed by atoms with van der Waals surface area (Å²) < 4.78 is 0. The standard InChI is InChI=1S/C17H23NO/c1-13-7-9-15(10-8-13)18-16(19)17(11-12-17)14-5-3-2-4-6-14/h2-6,13,15H,7-12H2,1H3,(H,18,19). The first kappa shape index (κ1) is 12.7. The highest BCUT2D eigenvalue weighted by Crippen LogP contribution is 2.48. The van der Waals surface area contributed by atoms with Crippen molar-refractivity contribution >= 4 is 5.91 Å². The Balaban J connectivity index is 1.65. The molecule has 1 aromatic rings. The lowest BCUT2D eigenvalue weighted by Crippen LogP contribution is -2.43. The van der Waals surface area contributed by atoms with E-state index in [1.165, 1.54) is 18.4 Å². The Morgan fingerprint density at radius 3 is 2.32 bits per heavy atom. The van der Waals surface area contributed by atoms with Crippen molar-refractivity contribution in [3.63, 3.8) is 0 Å². The molecule has 2 saturated carbocycles. The molecule has 2 heteroatoms. The van der Waals surface area contributed by atoms with Gasteiger partial charge < -0.3 is 5.32 Å². The third-order valence-corrected chi connectivity index (χ3v) is 4.86. The van der Waals surface area contributed by atoms with Crippen molar-refractivity contribution in [3.8, 4) is 0 Å². The van der Waals surface area contributed by atoms with Crippen LogP contribution >= 0.6 is 0 Å². The van der Waals surface area contributed by atoms with Gasteiger partial charge in [0.25, 0.3) is 0 Å². The van der Waals surface area contributed by atoms with Gasteiger partial charge in [-0.1, -0.05) is 37.3 Å². The van der Waals surface area contributed by atoms with Crippen LogP contribution in [-0.4, -0.2) is 11.9 Å². The van der Waals surface area contributed by atoms with Crippen molar-refractivity contribution in [3.05, 3.63) is 35.9 Å². The van der Waals surface area contributed by atoms with Gasteiger partial charge in [-0.3, -0.25) is 4.79 Å². The molecule has 2 fully saturated rings. The van der Waals surface area contributed by atoms with E-state index in [1.54, 1.807) is 0 Å². The first-order valence-corrected chi connectivity index (χ1v) is 7.57. The van der Waals surface area contributed by atoms with E-state index in [0.717, 1.165) is 31.6 Å². The van der Waals surface area contributed by atoms with Crippen LogP contribution in [0.4, 0.5) is 0 Å². The molecule has 102 valence electrons. The van der Waals surface area contributed by atoms with Gasteiger partial charge in [-0.15, -0.1) is 0 Å². The molecule has 0 atom stereocenters. The molecule has 19 heavy (non-hydrogen) atoms. The molecule has 0 aromatic heterocycles. The van der Waals surface area contributed by atoms with Crippen molar-refractivity contribution in [2.24, 2.45) is 5.92 Å². The maximum Gasteiger partial charge on any atom is 0.230 e. The van der Waals surface area contributed by atoms with E-state index in [4.69, 9.17) is 0 Å². The lowest BCUT2D eigenvalue weighted by molar-refractivity contribution is -0.124. The Morgan fingerprint density at radius 2 is 1.74 bits per heavy atom. The average molecular weight is 257 g/mol. The molecule has 0 saturated heterocycles. The molecule has 0 bridgehead atoms. The van der Waals surface area contributed by atoms with Crippen LogP contribution in [0.25, 0.3) is 0 Å². The molecule has 3 rings (SSSR count). The zero-order valence-electron chi connectivity index (χ0n) is 11.7. The fourth-order valence-electron chi connectivity index (χ4n) is 3.26. The summed E-state index contributed by atoms with van der Waals surface area (Å²) in [4.78, 5) is 12.6. The molecule has 2 aliphatic rings. The van der Waals surface area contributed by atoms with Crippen LogP contribution in [0.3, 0.4) is 0 Å². The Morgan fingerprint density at radius 1 is 1.11 bits per heavy atom. The molecule has 0 aliphatic heterocycles. The maximum atomic E-state index is 12.6. The monoisotopic (exact) mass is 257 g/mol. The van der Waals surface area contributed by atoms with E-state index in [2.05, 4.69) is 24.4 Å². The highest BCUT2D eigenvalue weighted by atomic mass is 16.2. The number of rotatable bonds is 3. The van der Waals surface area contributed by atoms with E-state index < -0.39 is 0 Å². The third-order valence-electron chi connectivity index (χ3n) is 4.86. The molecule has 2 nitrogen and oxygen atoms in total. The highest BCUT2D eigenvalue weighted by molar-refractivity contribution is 5.91. The van der Waals surface area contributed by atoms with Gasteiger partial charge in [-0.2, -0.15) is 0 Å². The van der Waals surface area contributed by atoms with Gasteiger partial charge in [0, 0.05) is 6.04 Å². The summed E-state index contributed by atoms with van der Waals surface area (Å²) in [5.41, 5.74) is 0.987. The van der Waals surface area contributed by atoms with Crippen molar-refractivity contribution in [2.45, 2.75) is 56.9 Å². The van der Waals surface area contributed by atoms with Gasteiger partial charge in [0.05, 0.1) is 5.41 Å².